The second-order valence-corrected chi connectivity index (χ2v) is 5.28. The van der Waals surface area contributed by atoms with Gasteiger partial charge in [0.25, 0.3) is 0 Å². The van der Waals surface area contributed by atoms with Gasteiger partial charge in [-0.1, -0.05) is 0 Å². The first kappa shape index (κ1) is 17.0. The predicted octanol–water partition coefficient (Wildman–Crippen LogP) is 1.35. The van der Waals surface area contributed by atoms with E-state index in [1.807, 2.05) is 0 Å². The maximum Gasteiger partial charge on any atom is 0.326 e. The van der Waals surface area contributed by atoms with Crippen LogP contribution in [0.5, 0.6) is 0 Å². The lowest BCUT2D eigenvalue weighted by molar-refractivity contribution is -0.147. The Labute approximate surface area is 124 Å². The minimum Gasteiger partial charge on any atom is -0.481 e. The fraction of sp³-hybridized carbons (Fsp3) is 0.308. The predicted molar refractivity (Wildman–Crippen MR) is 73.6 cm³/mol. The van der Waals surface area contributed by atoms with Gasteiger partial charge in [0, 0.05) is 17.1 Å². The normalized spacial score (nSPS) is 11.7. The maximum atomic E-state index is 12.7. The molecule has 0 aromatic heterocycles. The van der Waals surface area contributed by atoms with Crippen molar-refractivity contribution >= 4 is 29.6 Å². The van der Waals surface area contributed by atoms with Crippen LogP contribution in [0, 0.1) is 5.82 Å². The molecule has 0 aliphatic heterocycles. The van der Waals surface area contributed by atoms with E-state index in [1.54, 1.807) is 12.1 Å². The number of halogens is 1. The fourth-order valence-electron chi connectivity index (χ4n) is 1.43. The number of carbonyl (C=O) groups is 3. The number of carboxylic acid groups (broad SMARTS) is 2. The van der Waals surface area contributed by atoms with Gasteiger partial charge in [0.2, 0.25) is 5.91 Å². The van der Waals surface area contributed by atoms with Crippen LogP contribution in [0.4, 0.5) is 4.39 Å². The van der Waals surface area contributed by atoms with Crippen LogP contribution in [0.15, 0.2) is 29.2 Å². The molecule has 0 saturated carbocycles. The number of hydrogen-bond donors (Lipinski definition) is 3. The summed E-state index contributed by atoms with van der Waals surface area (Å²) in [6.45, 7) is 0. The minimum absolute atomic E-state index is 0.0332. The molecule has 3 N–H and O–H groups in total. The number of amides is 1. The van der Waals surface area contributed by atoms with E-state index in [1.165, 1.54) is 23.9 Å². The van der Waals surface area contributed by atoms with Crippen LogP contribution in [0.25, 0.3) is 0 Å². The van der Waals surface area contributed by atoms with E-state index in [0.717, 1.165) is 4.90 Å². The van der Waals surface area contributed by atoms with E-state index in [2.05, 4.69) is 5.32 Å². The van der Waals surface area contributed by atoms with Gasteiger partial charge in [-0.05, 0) is 24.3 Å². The van der Waals surface area contributed by atoms with Gasteiger partial charge >= 0.3 is 11.9 Å². The molecule has 114 valence electrons. The van der Waals surface area contributed by atoms with E-state index < -0.39 is 30.3 Å². The van der Waals surface area contributed by atoms with E-state index in [9.17, 15) is 18.8 Å². The Hall–Kier alpha value is -2.09. The molecule has 0 fully saturated rings. The molecular formula is C13H14FNO5S. The molecule has 8 heteroatoms. The van der Waals surface area contributed by atoms with Crippen molar-refractivity contribution in [1.29, 1.82) is 0 Å². The summed E-state index contributed by atoms with van der Waals surface area (Å²) in [5.74, 6) is -3.22. The summed E-state index contributed by atoms with van der Waals surface area (Å²) in [5, 5.41) is 19.5. The number of nitrogens with one attached hydrogen (secondary N) is 1. The van der Waals surface area contributed by atoms with Crippen molar-refractivity contribution in [3.8, 4) is 0 Å². The molecule has 21 heavy (non-hydrogen) atoms. The van der Waals surface area contributed by atoms with Crippen molar-refractivity contribution in [2.45, 2.75) is 23.8 Å². The number of carboxylic acids is 2. The van der Waals surface area contributed by atoms with Crippen LogP contribution in [0.2, 0.25) is 0 Å². The number of hydrogen-bond acceptors (Lipinski definition) is 4. The first-order valence-electron chi connectivity index (χ1n) is 6.01. The number of thioether (sulfide) groups is 1. The summed E-state index contributed by atoms with van der Waals surface area (Å²) < 4.78 is 12.7. The minimum atomic E-state index is -1.44. The Bertz CT molecular complexity index is 520. The first-order chi connectivity index (χ1) is 9.88. The van der Waals surface area contributed by atoms with Crippen LogP contribution in [0.1, 0.15) is 12.8 Å². The van der Waals surface area contributed by atoms with Gasteiger partial charge < -0.3 is 15.5 Å². The molecule has 1 unspecified atom stereocenters. The van der Waals surface area contributed by atoms with Crippen LogP contribution < -0.4 is 5.32 Å². The molecule has 1 atom stereocenters. The summed E-state index contributed by atoms with van der Waals surface area (Å²) in [6, 6.07) is 4.31. The van der Waals surface area contributed by atoms with Gasteiger partial charge in [0.05, 0.1) is 6.42 Å². The SMILES string of the molecule is O=C(O)CC(NC(=O)CCSc1ccc(F)cc1)C(=O)O. The molecule has 0 aliphatic rings. The number of rotatable bonds is 8. The first-order valence-corrected chi connectivity index (χ1v) is 6.99. The molecule has 1 rings (SSSR count). The molecule has 1 aromatic carbocycles. The van der Waals surface area contributed by atoms with Crippen molar-refractivity contribution in [1.82, 2.24) is 5.32 Å². The average molecular weight is 315 g/mol. The number of carbonyl (C=O) groups excluding carboxylic acids is 1. The van der Waals surface area contributed by atoms with E-state index in [-0.39, 0.29) is 12.2 Å². The van der Waals surface area contributed by atoms with Crippen molar-refractivity contribution < 1.29 is 29.0 Å². The fourth-order valence-corrected chi connectivity index (χ4v) is 2.29. The molecule has 0 bridgehead atoms. The molecular weight excluding hydrogens is 301 g/mol. The van der Waals surface area contributed by atoms with Crippen molar-refractivity contribution in [3.63, 3.8) is 0 Å². The van der Waals surface area contributed by atoms with Crippen LogP contribution in [0.3, 0.4) is 0 Å². The highest BCUT2D eigenvalue weighted by Gasteiger charge is 2.22. The Morgan fingerprint density at radius 2 is 1.81 bits per heavy atom. The summed E-state index contributed by atoms with van der Waals surface area (Å²) in [7, 11) is 0. The lowest BCUT2D eigenvalue weighted by Gasteiger charge is -2.12. The summed E-state index contributed by atoms with van der Waals surface area (Å²) in [6.07, 6.45) is -0.641. The third-order valence-electron chi connectivity index (χ3n) is 2.42. The zero-order chi connectivity index (χ0) is 15.8. The van der Waals surface area contributed by atoms with Crippen LogP contribution in [-0.2, 0) is 14.4 Å². The Morgan fingerprint density at radius 3 is 2.33 bits per heavy atom. The van der Waals surface area contributed by atoms with Gasteiger partial charge in [-0.2, -0.15) is 0 Å². The zero-order valence-corrected chi connectivity index (χ0v) is 11.7. The van der Waals surface area contributed by atoms with E-state index >= 15 is 0 Å². The largest absolute Gasteiger partial charge is 0.481 e. The van der Waals surface area contributed by atoms with Gasteiger partial charge in [-0.15, -0.1) is 11.8 Å². The molecule has 0 radical (unpaired) electrons. The highest BCUT2D eigenvalue weighted by atomic mass is 32.2. The van der Waals surface area contributed by atoms with Crippen LogP contribution in [-0.4, -0.2) is 39.9 Å². The number of benzene rings is 1. The Balaban J connectivity index is 2.37. The number of aliphatic carboxylic acids is 2. The Kier molecular flexibility index (Phi) is 6.67. The lowest BCUT2D eigenvalue weighted by Crippen LogP contribution is -2.42. The molecule has 0 saturated heterocycles. The van der Waals surface area contributed by atoms with Crippen molar-refractivity contribution in [2.24, 2.45) is 0 Å². The molecule has 1 amide bonds. The summed E-state index contributed by atoms with van der Waals surface area (Å²) in [5.41, 5.74) is 0. The van der Waals surface area contributed by atoms with Gasteiger partial charge in [-0.25, -0.2) is 9.18 Å². The third-order valence-corrected chi connectivity index (χ3v) is 3.44. The zero-order valence-electron chi connectivity index (χ0n) is 10.9. The van der Waals surface area contributed by atoms with Crippen LogP contribution >= 0.6 is 11.8 Å². The quantitative estimate of drug-likeness (QED) is 0.626. The van der Waals surface area contributed by atoms with E-state index in [4.69, 9.17) is 10.2 Å². The molecule has 0 spiro atoms. The highest BCUT2D eigenvalue weighted by Crippen LogP contribution is 2.18. The second kappa shape index (κ2) is 8.25. The topological polar surface area (TPSA) is 104 Å². The molecule has 0 heterocycles. The monoisotopic (exact) mass is 315 g/mol. The van der Waals surface area contributed by atoms with Gasteiger partial charge in [-0.3, -0.25) is 9.59 Å². The van der Waals surface area contributed by atoms with E-state index in [0.29, 0.717) is 5.75 Å². The van der Waals surface area contributed by atoms with Crippen molar-refractivity contribution in [2.75, 3.05) is 5.75 Å². The third kappa shape index (κ3) is 6.75. The van der Waals surface area contributed by atoms with Gasteiger partial charge in [0.1, 0.15) is 11.9 Å². The lowest BCUT2D eigenvalue weighted by atomic mass is 10.2. The molecule has 0 aliphatic carbocycles. The molecule has 1 aromatic rings. The van der Waals surface area contributed by atoms with Gasteiger partial charge in [0.15, 0.2) is 0 Å². The summed E-state index contributed by atoms with van der Waals surface area (Å²) >= 11 is 1.32. The average Bonchev–Trinajstić information content (AvgIpc) is 2.39. The second-order valence-electron chi connectivity index (χ2n) is 4.11. The Morgan fingerprint density at radius 1 is 1.19 bits per heavy atom. The maximum absolute atomic E-state index is 12.7. The smallest absolute Gasteiger partial charge is 0.326 e. The summed E-state index contributed by atoms with van der Waals surface area (Å²) in [4.78, 5) is 33.6. The highest BCUT2D eigenvalue weighted by molar-refractivity contribution is 7.99. The van der Waals surface area contributed by atoms with Crippen molar-refractivity contribution in [3.05, 3.63) is 30.1 Å². The molecule has 6 nitrogen and oxygen atoms in total. The standard InChI is InChI=1S/C13H14FNO5S/c14-8-1-3-9(4-2-8)21-6-5-11(16)15-10(13(19)20)7-12(17)18/h1-4,10H,5-7H2,(H,15,16)(H,17,18)(H,19,20).